The fourth-order valence-corrected chi connectivity index (χ4v) is 6.19. The molecular weight excluding hydrogens is 458 g/mol. The zero-order valence-corrected chi connectivity index (χ0v) is 20.3. The average molecular weight is 492 g/mol. The average Bonchev–Trinajstić information content (AvgIpc) is 3.54. The third kappa shape index (κ3) is 4.40. The molecule has 2 bridgehead atoms. The van der Waals surface area contributed by atoms with E-state index in [2.05, 4.69) is 10.6 Å². The van der Waals surface area contributed by atoms with Gasteiger partial charge in [-0.3, -0.25) is 14.4 Å². The van der Waals surface area contributed by atoms with E-state index in [1.807, 2.05) is 60.7 Å². The molecule has 1 spiro atoms. The van der Waals surface area contributed by atoms with Gasteiger partial charge in [0.05, 0.1) is 17.9 Å². The lowest BCUT2D eigenvalue weighted by Gasteiger charge is -2.33. The van der Waals surface area contributed by atoms with Crippen molar-refractivity contribution in [2.75, 3.05) is 18.5 Å². The van der Waals surface area contributed by atoms with E-state index in [1.165, 1.54) is 0 Å². The van der Waals surface area contributed by atoms with Crippen LogP contribution in [0.4, 0.5) is 5.69 Å². The number of carbonyl (C=O) groups is 3. The number of hydrogen-bond acceptors (Lipinski definition) is 5. The van der Waals surface area contributed by atoms with Crippen molar-refractivity contribution in [3.63, 3.8) is 0 Å². The summed E-state index contributed by atoms with van der Waals surface area (Å²) in [4.78, 5) is 42.5. The number of likely N-dealkylation sites (tertiary alicyclic amines) is 1. The van der Waals surface area contributed by atoms with Gasteiger partial charge in [0.2, 0.25) is 17.7 Å². The molecule has 8 nitrogen and oxygen atoms in total. The molecule has 0 aromatic heterocycles. The van der Waals surface area contributed by atoms with Crippen molar-refractivity contribution < 1.29 is 24.2 Å². The van der Waals surface area contributed by atoms with Crippen molar-refractivity contribution in [3.8, 4) is 0 Å². The maximum Gasteiger partial charge on any atom is 0.246 e. The van der Waals surface area contributed by atoms with Gasteiger partial charge in [-0.1, -0.05) is 48.5 Å². The maximum absolute atomic E-state index is 13.8. The molecule has 3 N–H and O–H groups in total. The Balaban J connectivity index is 1.39. The number of anilines is 1. The minimum Gasteiger partial charge on any atom is -0.396 e. The van der Waals surface area contributed by atoms with E-state index in [0.717, 1.165) is 12.0 Å². The van der Waals surface area contributed by atoms with Crippen LogP contribution < -0.4 is 10.6 Å². The SMILES string of the molecule is O=C(NCc1ccccc1)C1N(CCCCCO)C(=O)[C@@H]2[C@H](C(=O)Nc3ccccc3)[C@@H]3CCC12O3. The molecule has 190 valence electrons. The molecule has 3 amide bonds. The van der Waals surface area contributed by atoms with Crippen LogP contribution in [0.1, 0.15) is 37.7 Å². The maximum atomic E-state index is 13.8. The van der Waals surface area contributed by atoms with Crippen LogP contribution in [0.15, 0.2) is 60.7 Å². The highest BCUT2D eigenvalue weighted by Crippen LogP contribution is 2.58. The van der Waals surface area contributed by atoms with E-state index in [9.17, 15) is 14.4 Å². The van der Waals surface area contributed by atoms with Crippen molar-refractivity contribution in [3.05, 3.63) is 66.2 Å². The summed E-state index contributed by atoms with van der Waals surface area (Å²) in [5.74, 6) is -2.00. The molecule has 2 unspecified atom stereocenters. The standard InChI is InChI=1S/C28H33N3O5/c32-17-9-3-8-16-31-24(26(34)29-18-19-10-4-1-5-11-19)28-15-14-21(36-28)22(23(28)27(31)35)25(33)30-20-12-6-2-7-13-20/h1-2,4-7,10-13,21-24,32H,3,8-9,14-18H2,(H,29,34)(H,30,33)/t21-,22+,23-,24?,28?/m0/s1. The van der Waals surface area contributed by atoms with Crippen LogP contribution in [-0.4, -0.2) is 58.6 Å². The van der Waals surface area contributed by atoms with Gasteiger partial charge in [0.15, 0.2) is 0 Å². The summed E-state index contributed by atoms with van der Waals surface area (Å²) in [6, 6.07) is 18.0. The lowest BCUT2D eigenvalue weighted by molar-refractivity contribution is -0.141. The fraction of sp³-hybridized carbons (Fsp3) is 0.464. The first-order chi connectivity index (χ1) is 17.5. The van der Waals surface area contributed by atoms with Crippen LogP contribution in [0.3, 0.4) is 0 Å². The Hall–Kier alpha value is -3.23. The molecule has 5 rings (SSSR count). The van der Waals surface area contributed by atoms with Crippen molar-refractivity contribution in [1.82, 2.24) is 10.2 Å². The molecule has 2 aromatic carbocycles. The number of aliphatic hydroxyl groups excluding tert-OH is 1. The first-order valence-electron chi connectivity index (χ1n) is 12.8. The van der Waals surface area contributed by atoms with Gasteiger partial charge in [0.25, 0.3) is 0 Å². The molecular formula is C28H33N3O5. The molecule has 3 heterocycles. The summed E-state index contributed by atoms with van der Waals surface area (Å²) in [5.41, 5.74) is 0.635. The Bertz CT molecular complexity index is 1090. The Labute approximate surface area is 211 Å². The largest absolute Gasteiger partial charge is 0.396 e. The number of aliphatic hydroxyl groups is 1. The number of para-hydroxylation sites is 1. The first-order valence-corrected chi connectivity index (χ1v) is 12.8. The monoisotopic (exact) mass is 491 g/mol. The van der Waals surface area contributed by atoms with E-state index in [4.69, 9.17) is 9.84 Å². The zero-order chi connectivity index (χ0) is 25.1. The number of fused-ring (bicyclic) bond motifs is 1. The molecule has 3 fully saturated rings. The Morgan fingerprint density at radius 3 is 2.44 bits per heavy atom. The van der Waals surface area contributed by atoms with E-state index in [0.29, 0.717) is 44.5 Å². The minimum absolute atomic E-state index is 0.0913. The smallest absolute Gasteiger partial charge is 0.246 e. The molecule has 8 heteroatoms. The molecule has 0 saturated carbocycles. The van der Waals surface area contributed by atoms with Crippen molar-refractivity contribution in [1.29, 1.82) is 0 Å². The van der Waals surface area contributed by atoms with Crippen molar-refractivity contribution in [2.45, 2.75) is 56.4 Å². The molecule has 3 aliphatic rings. The normalized spacial score (nSPS) is 28.2. The number of ether oxygens (including phenoxy) is 1. The number of benzene rings is 2. The van der Waals surface area contributed by atoms with Gasteiger partial charge in [0.1, 0.15) is 11.6 Å². The van der Waals surface area contributed by atoms with Gasteiger partial charge in [-0.05, 0) is 49.8 Å². The molecule has 36 heavy (non-hydrogen) atoms. The summed E-state index contributed by atoms with van der Waals surface area (Å²) in [7, 11) is 0. The Kier molecular flexibility index (Phi) is 7.07. The second-order valence-corrected chi connectivity index (χ2v) is 9.93. The molecule has 2 aromatic rings. The first kappa shape index (κ1) is 24.5. The number of nitrogens with one attached hydrogen (secondary N) is 2. The van der Waals surface area contributed by atoms with Gasteiger partial charge in [0, 0.05) is 25.4 Å². The number of carbonyl (C=O) groups excluding carboxylic acids is 3. The molecule has 5 atom stereocenters. The molecule has 0 radical (unpaired) electrons. The quantitative estimate of drug-likeness (QED) is 0.443. The minimum atomic E-state index is -1.00. The van der Waals surface area contributed by atoms with E-state index in [1.54, 1.807) is 4.90 Å². The molecule has 0 aliphatic carbocycles. The Morgan fingerprint density at radius 1 is 1.00 bits per heavy atom. The third-order valence-electron chi connectivity index (χ3n) is 7.76. The van der Waals surface area contributed by atoms with Crippen LogP contribution in [-0.2, 0) is 25.7 Å². The van der Waals surface area contributed by atoms with Crippen LogP contribution in [0.2, 0.25) is 0 Å². The van der Waals surface area contributed by atoms with Crippen LogP contribution in [0.25, 0.3) is 0 Å². The molecule has 3 aliphatic heterocycles. The topological polar surface area (TPSA) is 108 Å². The van der Waals surface area contributed by atoms with E-state index in [-0.39, 0.29) is 30.4 Å². The summed E-state index contributed by atoms with van der Waals surface area (Å²) in [6.45, 7) is 0.834. The second kappa shape index (κ2) is 10.4. The highest BCUT2D eigenvalue weighted by molar-refractivity contribution is 6.02. The number of nitrogens with zero attached hydrogens (tertiary/aromatic N) is 1. The number of hydrogen-bond donors (Lipinski definition) is 3. The highest BCUT2D eigenvalue weighted by Gasteiger charge is 2.74. The summed E-state index contributed by atoms with van der Waals surface area (Å²) < 4.78 is 6.45. The number of amides is 3. The van der Waals surface area contributed by atoms with E-state index < -0.39 is 23.5 Å². The summed E-state index contributed by atoms with van der Waals surface area (Å²) in [6.07, 6.45) is 2.88. The van der Waals surface area contributed by atoms with Gasteiger partial charge in [-0.2, -0.15) is 0 Å². The zero-order valence-electron chi connectivity index (χ0n) is 20.3. The van der Waals surface area contributed by atoms with Gasteiger partial charge < -0.3 is 25.4 Å². The predicted molar refractivity (Wildman–Crippen MR) is 134 cm³/mol. The van der Waals surface area contributed by atoms with Crippen LogP contribution in [0.5, 0.6) is 0 Å². The predicted octanol–water partition coefficient (Wildman–Crippen LogP) is 2.48. The number of rotatable bonds is 10. The lowest BCUT2D eigenvalue weighted by Crippen LogP contribution is -2.55. The number of unbranched alkanes of at least 4 members (excludes halogenated alkanes) is 2. The fourth-order valence-electron chi connectivity index (χ4n) is 6.19. The van der Waals surface area contributed by atoms with Gasteiger partial charge >= 0.3 is 0 Å². The lowest BCUT2D eigenvalue weighted by atomic mass is 9.70. The molecule has 3 saturated heterocycles. The van der Waals surface area contributed by atoms with Gasteiger partial charge in [-0.25, -0.2) is 0 Å². The summed E-state index contributed by atoms with van der Waals surface area (Å²) in [5, 5.41) is 15.1. The second-order valence-electron chi connectivity index (χ2n) is 9.93. The van der Waals surface area contributed by atoms with Crippen LogP contribution in [0, 0.1) is 11.8 Å². The van der Waals surface area contributed by atoms with Crippen LogP contribution >= 0.6 is 0 Å². The Morgan fingerprint density at radius 2 is 1.72 bits per heavy atom. The highest BCUT2D eigenvalue weighted by atomic mass is 16.5. The van der Waals surface area contributed by atoms with Gasteiger partial charge in [-0.15, -0.1) is 0 Å². The van der Waals surface area contributed by atoms with E-state index >= 15 is 0 Å². The summed E-state index contributed by atoms with van der Waals surface area (Å²) >= 11 is 0. The van der Waals surface area contributed by atoms with Crippen molar-refractivity contribution >= 4 is 23.4 Å². The van der Waals surface area contributed by atoms with Crippen molar-refractivity contribution in [2.24, 2.45) is 11.8 Å². The third-order valence-corrected chi connectivity index (χ3v) is 7.76.